The van der Waals surface area contributed by atoms with Crippen molar-refractivity contribution in [2.75, 3.05) is 6.26 Å². The van der Waals surface area contributed by atoms with Gasteiger partial charge in [0, 0.05) is 0 Å². The summed E-state index contributed by atoms with van der Waals surface area (Å²) in [5.41, 5.74) is 2.14. The summed E-state index contributed by atoms with van der Waals surface area (Å²) in [4.78, 5) is 4.61. The molecule has 16 heavy (non-hydrogen) atoms. The Morgan fingerprint density at radius 1 is 1.31 bits per heavy atom. The highest BCUT2D eigenvalue weighted by Gasteiger charge is 2.11. The zero-order valence-corrected chi connectivity index (χ0v) is 10.2. The molecule has 5 heteroatoms. The molecule has 2 heterocycles. The van der Waals surface area contributed by atoms with Crippen molar-refractivity contribution in [1.29, 1.82) is 0 Å². The Labute approximate surface area is 101 Å². The van der Waals surface area contributed by atoms with Gasteiger partial charge in [-0.2, -0.15) is 5.10 Å². The maximum atomic E-state index is 4.61. The van der Waals surface area contributed by atoms with Crippen molar-refractivity contribution in [2.24, 2.45) is 0 Å². The van der Waals surface area contributed by atoms with E-state index in [0.717, 1.165) is 21.1 Å². The number of nitrogens with one attached hydrogen (secondary N) is 1. The summed E-state index contributed by atoms with van der Waals surface area (Å²) in [5.74, 6) is 0. The number of fused-ring (bicyclic) bond motifs is 1. The number of H-pyrrole nitrogens is 1. The maximum Gasteiger partial charge on any atom is 0.128 e. The summed E-state index contributed by atoms with van der Waals surface area (Å²) < 4.78 is 1.21. The van der Waals surface area contributed by atoms with Gasteiger partial charge in [-0.05, 0) is 18.4 Å². The first-order chi connectivity index (χ1) is 7.88. The van der Waals surface area contributed by atoms with Gasteiger partial charge >= 0.3 is 0 Å². The van der Waals surface area contributed by atoms with Gasteiger partial charge in [0.2, 0.25) is 0 Å². The highest BCUT2D eigenvalue weighted by atomic mass is 32.2. The Hall–Kier alpha value is -1.33. The van der Waals surface area contributed by atoms with Gasteiger partial charge in [0.05, 0.1) is 22.0 Å². The molecule has 0 aliphatic rings. The van der Waals surface area contributed by atoms with E-state index in [9.17, 15) is 0 Å². The molecule has 3 rings (SSSR count). The van der Waals surface area contributed by atoms with Gasteiger partial charge in [0.15, 0.2) is 0 Å². The van der Waals surface area contributed by atoms with E-state index < -0.39 is 0 Å². The lowest BCUT2D eigenvalue weighted by Gasteiger charge is -1.93. The van der Waals surface area contributed by atoms with Crippen LogP contribution in [0.25, 0.3) is 20.8 Å². The third-order valence-electron chi connectivity index (χ3n) is 2.33. The molecule has 1 aromatic carbocycles. The molecule has 0 radical (unpaired) electrons. The predicted octanol–water partition coefficient (Wildman–Crippen LogP) is 3.41. The third-order valence-corrected chi connectivity index (χ3v) is 4.12. The molecule has 0 unspecified atom stereocenters. The average molecular weight is 247 g/mol. The molecule has 0 aliphatic heterocycles. The summed E-state index contributed by atoms with van der Waals surface area (Å²) >= 11 is 3.36. The lowest BCUT2D eigenvalue weighted by molar-refractivity contribution is 1.01. The first-order valence-corrected chi connectivity index (χ1v) is 6.86. The van der Waals surface area contributed by atoms with E-state index in [2.05, 4.69) is 21.2 Å². The normalized spacial score (nSPS) is 11.1. The van der Waals surface area contributed by atoms with Crippen LogP contribution < -0.4 is 0 Å². The molecule has 0 saturated heterocycles. The fourth-order valence-electron chi connectivity index (χ4n) is 1.57. The van der Waals surface area contributed by atoms with Crippen molar-refractivity contribution in [3.63, 3.8) is 0 Å². The Balaban J connectivity index is 2.19. The lowest BCUT2D eigenvalue weighted by atomic mass is 10.3. The van der Waals surface area contributed by atoms with Crippen LogP contribution in [0.3, 0.4) is 0 Å². The minimum Gasteiger partial charge on any atom is -0.271 e. The molecule has 0 amide bonds. The molecule has 0 spiro atoms. The largest absolute Gasteiger partial charge is 0.271 e. The standard InChI is InChI=1S/C11H9N3S2/c1-15-11-7(6-12-14-11)10-13-8-4-2-3-5-9(8)16-10/h2-6H,1H3,(H,12,14). The van der Waals surface area contributed by atoms with Crippen molar-refractivity contribution >= 4 is 33.3 Å². The predicted molar refractivity (Wildman–Crippen MR) is 69.0 cm³/mol. The first-order valence-electron chi connectivity index (χ1n) is 4.82. The summed E-state index contributed by atoms with van der Waals surface area (Å²) in [6.45, 7) is 0. The topological polar surface area (TPSA) is 41.6 Å². The van der Waals surface area contributed by atoms with E-state index in [1.54, 1.807) is 23.1 Å². The van der Waals surface area contributed by atoms with Crippen molar-refractivity contribution in [3.05, 3.63) is 30.5 Å². The summed E-state index contributed by atoms with van der Waals surface area (Å²) in [7, 11) is 0. The molecule has 1 N–H and O–H groups in total. The first kappa shape index (κ1) is 9.86. The lowest BCUT2D eigenvalue weighted by Crippen LogP contribution is -1.75. The van der Waals surface area contributed by atoms with Gasteiger partial charge in [0.1, 0.15) is 10.0 Å². The Morgan fingerprint density at radius 2 is 2.19 bits per heavy atom. The molecule has 3 nitrogen and oxygen atoms in total. The molecule has 2 aromatic heterocycles. The number of hydrogen-bond acceptors (Lipinski definition) is 4. The van der Waals surface area contributed by atoms with Crippen LogP contribution in [-0.4, -0.2) is 21.4 Å². The molecule has 0 saturated carbocycles. The van der Waals surface area contributed by atoms with Gasteiger partial charge < -0.3 is 0 Å². The number of aromatic nitrogens is 3. The van der Waals surface area contributed by atoms with Crippen LogP contribution >= 0.6 is 23.1 Å². The number of benzene rings is 1. The SMILES string of the molecule is CSc1[nH]ncc1-c1nc2ccccc2s1. The molecule has 0 aliphatic carbocycles. The number of hydrogen-bond donors (Lipinski definition) is 1. The number of rotatable bonds is 2. The molecular formula is C11H9N3S2. The van der Waals surface area contributed by atoms with Gasteiger partial charge in [-0.15, -0.1) is 23.1 Å². The van der Waals surface area contributed by atoms with Crippen LogP contribution in [0.1, 0.15) is 0 Å². The minimum absolute atomic E-state index is 1.03. The second-order valence-electron chi connectivity index (χ2n) is 3.30. The number of thiazole rings is 1. The molecule has 0 bridgehead atoms. The minimum atomic E-state index is 1.03. The van der Waals surface area contributed by atoms with Gasteiger partial charge in [-0.3, -0.25) is 5.10 Å². The fourth-order valence-corrected chi connectivity index (χ4v) is 3.13. The van der Waals surface area contributed by atoms with Crippen LogP contribution in [0, 0.1) is 0 Å². The van der Waals surface area contributed by atoms with Crippen LogP contribution in [0.5, 0.6) is 0 Å². The van der Waals surface area contributed by atoms with E-state index in [0.29, 0.717) is 0 Å². The maximum absolute atomic E-state index is 4.61. The molecule has 0 fully saturated rings. The highest BCUT2D eigenvalue weighted by molar-refractivity contribution is 7.98. The zero-order valence-electron chi connectivity index (χ0n) is 8.60. The zero-order chi connectivity index (χ0) is 11.0. The van der Waals surface area contributed by atoms with Gasteiger partial charge in [-0.25, -0.2) is 4.98 Å². The number of thioether (sulfide) groups is 1. The second-order valence-corrected chi connectivity index (χ2v) is 5.15. The molecule has 0 atom stereocenters. The highest BCUT2D eigenvalue weighted by Crippen LogP contribution is 2.33. The second kappa shape index (κ2) is 3.92. The van der Waals surface area contributed by atoms with E-state index >= 15 is 0 Å². The van der Waals surface area contributed by atoms with E-state index in [-0.39, 0.29) is 0 Å². The van der Waals surface area contributed by atoms with Crippen molar-refractivity contribution in [1.82, 2.24) is 15.2 Å². The number of aromatic amines is 1. The quantitative estimate of drug-likeness (QED) is 0.706. The fraction of sp³-hybridized carbons (Fsp3) is 0.0909. The Bertz CT molecular complexity index is 594. The summed E-state index contributed by atoms with van der Waals surface area (Å²) in [6, 6.07) is 8.18. The number of nitrogens with zero attached hydrogens (tertiary/aromatic N) is 2. The van der Waals surface area contributed by atoms with Crippen LogP contribution in [0.15, 0.2) is 35.5 Å². The molecule has 80 valence electrons. The van der Waals surface area contributed by atoms with Crippen LogP contribution in [0.4, 0.5) is 0 Å². The van der Waals surface area contributed by atoms with Gasteiger partial charge in [-0.1, -0.05) is 12.1 Å². The smallest absolute Gasteiger partial charge is 0.128 e. The summed E-state index contributed by atoms with van der Waals surface area (Å²) in [5, 5.41) is 9.13. The Kier molecular flexibility index (Phi) is 2.41. The van der Waals surface area contributed by atoms with E-state index in [1.807, 2.05) is 30.7 Å². The van der Waals surface area contributed by atoms with Crippen LogP contribution in [-0.2, 0) is 0 Å². The van der Waals surface area contributed by atoms with Crippen LogP contribution in [0.2, 0.25) is 0 Å². The van der Waals surface area contributed by atoms with Crippen molar-refractivity contribution in [3.8, 4) is 10.6 Å². The van der Waals surface area contributed by atoms with E-state index in [1.165, 1.54) is 4.70 Å². The summed E-state index contributed by atoms with van der Waals surface area (Å²) in [6.07, 6.45) is 3.87. The monoisotopic (exact) mass is 247 g/mol. The molecule has 3 aromatic rings. The van der Waals surface area contributed by atoms with Crippen molar-refractivity contribution < 1.29 is 0 Å². The van der Waals surface area contributed by atoms with Gasteiger partial charge in [0.25, 0.3) is 0 Å². The average Bonchev–Trinajstić information content (AvgIpc) is 2.94. The Morgan fingerprint density at radius 3 is 3.00 bits per heavy atom. The number of para-hydroxylation sites is 1. The molecular weight excluding hydrogens is 238 g/mol. The van der Waals surface area contributed by atoms with Crippen molar-refractivity contribution in [2.45, 2.75) is 5.03 Å². The third kappa shape index (κ3) is 1.52. The van der Waals surface area contributed by atoms with E-state index in [4.69, 9.17) is 0 Å².